The number of para-hydroxylation sites is 1. The highest BCUT2D eigenvalue weighted by Gasteiger charge is 2.31. The zero-order valence-corrected chi connectivity index (χ0v) is 14.7. The molecule has 0 aliphatic carbocycles. The maximum Gasteiger partial charge on any atom is 0.276 e. The molecule has 1 amide bonds. The number of carbonyl (C=O) groups is 1. The zero-order valence-electron chi connectivity index (χ0n) is 14.7. The van der Waals surface area contributed by atoms with E-state index < -0.39 is 0 Å². The highest BCUT2D eigenvalue weighted by atomic mass is 16.5. The smallest absolute Gasteiger partial charge is 0.276 e. The van der Waals surface area contributed by atoms with Gasteiger partial charge in [-0.1, -0.05) is 53.7 Å². The summed E-state index contributed by atoms with van der Waals surface area (Å²) >= 11 is 0. The molecule has 0 radical (unpaired) electrons. The monoisotopic (exact) mass is 358 g/mol. The zero-order chi connectivity index (χ0) is 18.2. The minimum absolute atomic E-state index is 0.105. The summed E-state index contributed by atoms with van der Waals surface area (Å²) in [4.78, 5) is 14.8. The van der Waals surface area contributed by atoms with Crippen LogP contribution in [0.15, 0.2) is 65.2 Å². The van der Waals surface area contributed by atoms with Crippen LogP contribution in [-0.4, -0.2) is 29.1 Å². The van der Waals surface area contributed by atoms with Crippen LogP contribution in [0.25, 0.3) is 16.9 Å². The van der Waals surface area contributed by atoms with Crippen molar-refractivity contribution < 1.29 is 14.1 Å². The highest BCUT2D eigenvalue weighted by molar-refractivity contribution is 5.96. The summed E-state index contributed by atoms with van der Waals surface area (Å²) in [5, 5.41) is 4.08. The fourth-order valence-electron chi connectivity index (χ4n) is 3.67. The van der Waals surface area contributed by atoms with Gasteiger partial charge < -0.3 is 14.2 Å². The molecular weight excluding hydrogens is 340 g/mol. The lowest BCUT2D eigenvalue weighted by Crippen LogP contribution is -2.35. The fraction of sp³-hybridized carbons (Fsp3) is 0.182. The number of ether oxygens (including phenoxy) is 1. The third kappa shape index (κ3) is 2.72. The van der Waals surface area contributed by atoms with E-state index in [2.05, 4.69) is 23.4 Å². The maximum atomic E-state index is 13.0. The summed E-state index contributed by atoms with van der Waals surface area (Å²) in [7, 11) is 0. The van der Waals surface area contributed by atoms with E-state index in [0.29, 0.717) is 31.2 Å². The van der Waals surface area contributed by atoms with E-state index in [9.17, 15) is 4.79 Å². The first kappa shape index (κ1) is 15.9. The summed E-state index contributed by atoms with van der Waals surface area (Å²) in [6, 6.07) is 17.9. The van der Waals surface area contributed by atoms with Gasteiger partial charge in [-0.05, 0) is 29.7 Å². The lowest BCUT2D eigenvalue weighted by molar-refractivity contribution is 0.0760. The topological polar surface area (TPSA) is 55.6 Å². The van der Waals surface area contributed by atoms with Gasteiger partial charge in [0.1, 0.15) is 12.4 Å². The van der Waals surface area contributed by atoms with Crippen molar-refractivity contribution in [3.8, 4) is 17.1 Å². The van der Waals surface area contributed by atoms with Crippen molar-refractivity contribution >= 4 is 11.5 Å². The molecule has 0 atom stereocenters. The van der Waals surface area contributed by atoms with E-state index in [1.165, 1.54) is 11.1 Å². The molecule has 2 aliphatic rings. The number of nitrogens with zero attached hydrogens (tertiary/aromatic N) is 2. The first-order chi connectivity index (χ1) is 13.3. The van der Waals surface area contributed by atoms with Gasteiger partial charge in [0.25, 0.3) is 5.91 Å². The molecule has 5 nitrogen and oxygen atoms in total. The van der Waals surface area contributed by atoms with E-state index >= 15 is 0 Å². The van der Waals surface area contributed by atoms with Crippen LogP contribution < -0.4 is 4.74 Å². The van der Waals surface area contributed by atoms with Gasteiger partial charge in [-0.25, -0.2) is 0 Å². The number of aromatic nitrogens is 1. The van der Waals surface area contributed by atoms with Crippen LogP contribution in [0.1, 0.15) is 28.0 Å². The van der Waals surface area contributed by atoms with Crippen molar-refractivity contribution in [1.82, 2.24) is 10.1 Å². The lowest BCUT2D eigenvalue weighted by atomic mass is 9.99. The standard InChI is InChI=1S/C22H18N2O3/c25-22(24-12-10-16(11-13-24)15-6-2-1-3-7-15)20-18-14-26-19-9-5-4-8-17(19)21(18)27-23-20/h1-10H,11-14H2. The minimum atomic E-state index is -0.105. The third-order valence-corrected chi connectivity index (χ3v) is 5.14. The average Bonchev–Trinajstić information content (AvgIpc) is 3.19. The van der Waals surface area contributed by atoms with Crippen molar-refractivity contribution in [2.75, 3.05) is 13.1 Å². The largest absolute Gasteiger partial charge is 0.488 e. The fourth-order valence-corrected chi connectivity index (χ4v) is 3.67. The van der Waals surface area contributed by atoms with Crippen LogP contribution in [0.4, 0.5) is 0 Å². The molecule has 0 spiro atoms. The Morgan fingerprint density at radius 2 is 1.85 bits per heavy atom. The van der Waals surface area contributed by atoms with Crippen molar-refractivity contribution in [1.29, 1.82) is 0 Å². The number of carbonyl (C=O) groups excluding carboxylic acids is 1. The second-order valence-corrected chi connectivity index (χ2v) is 6.72. The predicted molar refractivity (Wildman–Crippen MR) is 101 cm³/mol. The van der Waals surface area contributed by atoms with Gasteiger partial charge in [-0.2, -0.15) is 0 Å². The predicted octanol–water partition coefficient (Wildman–Crippen LogP) is 4.16. The van der Waals surface area contributed by atoms with Crippen molar-refractivity contribution in [2.45, 2.75) is 13.0 Å². The van der Waals surface area contributed by atoms with E-state index in [-0.39, 0.29) is 5.91 Å². The Morgan fingerprint density at radius 1 is 1.04 bits per heavy atom. The molecule has 2 aliphatic heterocycles. The molecule has 5 heteroatoms. The second-order valence-electron chi connectivity index (χ2n) is 6.72. The molecule has 0 N–H and O–H groups in total. The molecule has 1 aromatic heterocycles. The van der Waals surface area contributed by atoms with Crippen molar-refractivity contribution in [2.24, 2.45) is 0 Å². The summed E-state index contributed by atoms with van der Waals surface area (Å²) in [5.74, 6) is 1.29. The lowest BCUT2D eigenvalue weighted by Gasteiger charge is -2.26. The first-order valence-electron chi connectivity index (χ1n) is 9.06. The van der Waals surface area contributed by atoms with E-state index in [4.69, 9.17) is 9.26 Å². The third-order valence-electron chi connectivity index (χ3n) is 5.14. The van der Waals surface area contributed by atoms with Gasteiger partial charge in [0, 0.05) is 13.1 Å². The molecule has 3 heterocycles. The second kappa shape index (κ2) is 6.43. The number of rotatable bonds is 2. The van der Waals surface area contributed by atoms with Gasteiger partial charge in [0.2, 0.25) is 0 Å². The molecule has 0 saturated carbocycles. The van der Waals surface area contributed by atoms with Crippen LogP contribution in [-0.2, 0) is 6.61 Å². The number of hydrogen-bond donors (Lipinski definition) is 0. The summed E-state index contributed by atoms with van der Waals surface area (Å²) < 4.78 is 11.3. The van der Waals surface area contributed by atoms with Crippen molar-refractivity contribution in [3.05, 3.63) is 77.5 Å². The van der Waals surface area contributed by atoms with Crippen LogP contribution in [0.3, 0.4) is 0 Å². The number of fused-ring (bicyclic) bond motifs is 3. The normalized spacial score (nSPS) is 15.4. The maximum absolute atomic E-state index is 13.0. The average molecular weight is 358 g/mol. The summed E-state index contributed by atoms with van der Waals surface area (Å²) in [6.07, 6.45) is 2.95. The molecule has 27 heavy (non-hydrogen) atoms. The van der Waals surface area contributed by atoms with Gasteiger partial charge in [-0.3, -0.25) is 4.79 Å². The van der Waals surface area contributed by atoms with E-state index in [0.717, 1.165) is 23.3 Å². The minimum Gasteiger partial charge on any atom is -0.488 e. The van der Waals surface area contributed by atoms with Gasteiger partial charge in [0.05, 0.1) is 11.1 Å². The summed E-state index contributed by atoms with van der Waals surface area (Å²) in [5.41, 5.74) is 4.43. The highest BCUT2D eigenvalue weighted by Crippen LogP contribution is 2.39. The molecule has 0 bridgehead atoms. The van der Waals surface area contributed by atoms with Crippen molar-refractivity contribution in [3.63, 3.8) is 0 Å². The molecule has 134 valence electrons. The Labute approximate surface area is 156 Å². The van der Waals surface area contributed by atoms with Gasteiger partial charge >= 0.3 is 0 Å². The van der Waals surface area contributed by atoms with Crippen LogP contribution in [0.2, 0.25) is 0 Å². The molecule has 2 aromatic carbocycles. The van der Waals surface area contributed by atoms with Crippen LogP contribution >= 0.6 is 0 Å². The Bertz CT molecular complexity index is 1040. The Balaban J connectivity index is 1.39. The molecule has 3 aromatic rings. The Hall–Kier alpha value is -3.34. The number of amides is 1. The van der Waals surface area contributed by atoms with Crippen LogP contribution in [0.5, 0.6) is 5.75 Å². The number of benzene rings is 2. The quantitative estimate of drug-likeness (QED) is 0.690. The Kier molecular flexibility index (Phi) is 3.78. The molecule has 0 saturated heterocycles. The SMILES string of the molecule is O=C(c1noc2c1COc1ccccc1-2)N1CC=C(c2ccccc2)CC1. The van der Waals surface area contributed by atoms with Gasteiger partial charge in [-0.15, -0.1) is 0 Å². The molecule has 5 rings (SSSR count). The van der Waals surface area contributed by atoms with Gasteiger partial charge in [0.15, 0.2) is 11.5 Å². The molecule has 0 unspecified atom stereocenters. The summed E-state index contributed by atoms with van der Waals surface area (Å²) in [6.45, 7) is 1.54. The van der Waals surface area contributed by atoms with E-state index in [1.807, 2.05) is 47.4 Å². The van der Waals surface area contributed by atoms with Crippen LogP contribution in [0, 0.1) is 0 Å². The first-order valence-corrected chi connectivity index (χ1v) is 9.06. The molecule has 0 fully saturated rings. The molecular formula is C22H18N2O3. The Morgan fingerprint density at radius 3 is 2.67 bits per heavy atom. The van der Waals surface area contributed by atoms with E-state index in [1.54, 1.807) is 0 Å². The number of hydrogen-bond acceptors (Lipinski definition) is 4.